The molecule has 1 saturated heterocycles. The summed E-state index contributed by atoms with van der Waals surface area (Å²) < 4.78 is 11.8. The Labute approximate surface area is 209 Å². The van der Waals surface area contributed by atoms with Crippen molar-refractivity contribution in [1.29, 1.82) is 0 Å². The van der Waals surface area contributed by atoms with Gasteiger partial charge in [0.05, 0.1) is 25.3 Å². The Kier molecular flexibility index (Phi) is 7.68. The monoisotopic (exact) mass is 471 g/mol. The standard InChI is InChI=1S/C31H37NO3/c1-2-3-4-5-6-7-8-13-23-18-24-20-34-21-25(19-23)32(24)31(33)35-22-30-28-16-11-9-14-26(28)27-15-10-12-17-29(27)30/h2,9-12,14-18,24-25,30H,1,3-8,13,19-22H2. The van der Waals surface area contributed by atoms with E-state index in [9.17, 15) is 4.79 Å². The molecule has 0 spiro atoms. The lowest BCUT2D eigenvalue weighted by atomic mass is 9.91. The summed E-state index contributed by atoms with van der Waals surface area (Å²) in [6.45, 7) is 5.32. The van der Waals surface area contributed by atoms with Crippen molar-refractivity contribution in [2.75, 3.05) is 19.8 Å². The van der Waals surface area contributed by atoms with Crippen LogP contribution in [0.3, 0.4) is 0 Å². The molecule has 0 aromatic heterocycles. The van der Waals surface area contributed by atoms with Crippen LogP contribution in [0.5, 0.6) is 0 Å². The molecule has 1 amide bonds. The van der Waals surface area contributed by atoms with Crippen molar-refractivity contribution < 1.29 is 14.3 Å². The van der Waals surface area contributed by atoms with Gasteiger partial charge in [-0.2, -0.15) is 0 Å². The highest BCUT2D eigenvalue weighted by molar-refractivity contribution is 5.79. The van der Waals surface area contributed by atoms with E-state index in [4.69, 9.17) is 9.47 Å². The number of hydrogen-bond acceptors (Lipinski definition) is 3. The highest BCUT2D eigenvalue weighted by Gasteiger charge is 2.39. The first kappa shape index (κ1) is 23.9. The predicted octanol–water partition coefficient (Wildman–Crippen LogP) is 7.25. The summed E-state index contributed by atoms with van der Waals surface area (Å²) in [7, 11) is 0. The summed E-state index contributed by atoms with van der Waals surface area (Å²) in [6.07, 6.45) is 13.6. The van der Waals surface area contributed by atoms with Gasteiger partial charge in [-0.15, -0.1) is 6.58 Å². The third-order valence-electron chi connectivity index (χ3n) is 7.73. The number of ether oxygens (including phenoxy) is 2. The van der Waals surface area contributed by atoms with Crippen molar-refractivity contribution in [2.24, 2.45) is 0 Å². The number of nitrogens with zero attached hydrogens (tertiary/aromatic N) is 1. The molecule has 4 heteroatoms. The molecule has 2 atom stereocenters. The van der Waals surface area contributed by atoms with Gasteiger partial charge in [-0.05, 0) is 54.4 Å². The van der Waals surface area contributed by atoms with Gasteiger partial charge in [0.15, 0.2) is 0 Å². The van der Waals surface area contributed by atoms with Crippen LogP contribution >= 0.6 is 0 Å². The molecule has 4 nitrogen and oxygen atoms in total. The number of carbonyl (C=O) groups is 1. The van der Waals surface area contributed by atoms with Gasteiger partial charge in [0.1, 0.15) is 6.61 Å². The molecule has 2 heterocycles. The molecule has 1 fully saturated rings. The number of carbonyl (C=O) groups excluding carboxylic acids is 1. The molecule has 1 aliphatic carbocycles. The lowest BCUT2D eigenvalue weighted by molar-refractivity contribution is -0.0365. The van der Waals surface area contributed by atoms with E-state index in [-0.39, 0.29) is 24.1 Å². The summed E-state index contributed by atoms with van der Waals surface area (Å²) in [4.78, 5) is 15.2. The maximum Gasteiger partial charge on any atom is 0.410 e. The Morgan fingerprint density at radius 1 is 0.971 bits per heavy atom. The first-order valence-corrected chi connectivity index (χ1v) is 13.3. The molecule has 184 valence electrons. The number of morpholine rings is 1. The molecule has 0 N–H and O–H groups in total. The van der Waals surface area contributed by atoms with Crippen molar-refractivity contribution >= 4 is 6.09 Å². The summed E-state index contributed by atoms with van der Waals surface area (Å²) in [5, 5.41) is 0. The van der Waals surface area contributed by atoms with E-state index >= 15 is 0 Å². The van der Waals surface area contributed by atoms with E-state index in [1.807, 2.05) is 11.0 Å². The van der Waals surface area contributed by atoms with Crippen molar-refractivity contribution in [2.45, 2.75) is 69.4 Å². The first-order valence-electron chi connectivity index (χ1n) is 13.3. The molecular formula is C31H37NO3. The first-order chi connectivity index (χ1) is 17.3. The summed E-state index contributed by atoms with van der Waals surface area (Å²) in [6, 6.07) is 17.0. The Hall–Kier alpha value is -2.85. The lowest BCUT2D eigenvalue weighted by Gasteiger charge is -2.44. The third kappa shape index (κ3) is 5.23. The van der Waals surface area contributed by atoms with Gasteiger partial charge >= 0.3 is 6.09 Å². The van der Waals surface area contributed by atoms with Crippen LogP contribution in [0.15, 0.2) is 72.8 Å². The fraction of sp³-hybridized carbons (Fsp3) is 0.452. The lowest BCUT2D eigenvalue weighted by Crippen LogP contribution is -2.56. The Bertz CT molecular complexity index is 1030. The van der Waals surface area contributed by atoms with Crippen molar-refractivity contribution in [3.8, 4) is 11.1 Å². The van der Waals surface area contributed by atoms with Crippen LogP contribution < -0.4 is 0 Å². The van der Waals surface area contributed by atoms with Crippen LogP contribution in [0.4, 0.5) is 4.79 Å². The Morgan fingerprint density at radius 2 is 1.66 bits per heavy atom. The second-order valence-corrected chi connectivity index (χ2v) is 10.1. The second kappa shape index (κ2) is 11.3. The van der Waals surface area contributed by atoms with Crippen molar-refractivity contribution in [3.63, 3.8) is 0 Å². The van der Waals surface area contributed by atoms with E-state index in [1.54, 1.807) is 0 Å². The zero-order valence-electron chi connectivity index (χ0n) is 20.7. The molecule has 3 aliphatic rings. The van der Waals surface area contributed by atoms with Gasteiger partial charge < -0.3 is 9.47 Å². The molecule has 2 unspecified atom stereocenters. The second-order valence-electron chi connectivity index (χ2n) is 10.1. The third-order valence-corrected chi connectivity index (χ3v) is 7.73. The fourth-order valence-corrected chi connectivity index (χ4v) is 5.99. The van der Waals surface area contributed by atoms with E-state index in [2.05, 4.69) is 61.2 Å². The number of fused-ring (bicyclic) bond motifs is 5. The minimum absolute atomic E-state index is 0.0132. The molecule has 0 saturated carbocycles. The number of unbranched alkanes of at least 4 members (excludes halogenated alkanes) is 5. The zero-order chi connectivity index (χ0) is 24.0. The summed E-state index contributed by atoms with van der Waals surface area (Å²) in [5.41, 5.74) is 6.48. The molecular weight excluding hydrogens is 434 g/mol. The van der Waals surface area contributed by atoms with Gasteiger partial charge in [0, 0.05) is 5.92 Å². The summed E-state index contributed by atoms with van der Waals surface area (Å²) >= 11 is 0. The average molecular weight is 472 g/mol. The number of allylic oxidation sites excluding steroid dienone is 1. The normalized spacial score (nSPS) is 20.7. The van der Waals surface area contributed by atoms with Gasteiger partial charge in [0.2, 0.25) is 0 Å². The number of amides is 1. The quantitative estimate of drug-likeness (QED) is 0.270. The summed E-state index contributed by atoms with van der Waals surface area (Å²) in [5.74, 6) is 0.0878. The topological polar surface area (TPSA) is 38.8 Å². The van der Waals surface area contributed by atoms with Gasteiger partial charge in [-0.3, -0.25) is 4.90 Å². The Balaban J connectivity index is 1.18. The van der Waals surface area contributed by atoms with Gasteiger partial charge in [-0.1, -0.05) is 85.5 Å². The minimum Gasteiger partial charge on any atom is -0.448 e. The van der Waals surface area contributed by atoms with E-state index in [0.29, 0.717) is 19.8 Å². The van der Waals surface area contributed by atoms with E-state index in [1.165, 1.54) is 59.9 Å². The van der Waals surface area contributed by atoms with Crippen molar-refractivity contribution in [3.05, 3.63) is 84.0 Å². The van der Waals surface area contributed by atoms with Crippen LogP contribution in [-0.4, -0.2) is 42.9 Å². The SMILES string of the molecule is C=CCCCCCCCC1=CC2COCC(C1)N2C(=O)OCC1c2ccccc2-c2ccccc21. The smallest absolute Gasteiger partial charge is 0.410 e. The van der Waals surface area contributed by atoms with Crippen LogP contribution in [0, 0.1) is 0 Å². The molecule has 2 aliphatic heterocycles. The van der Waals surface area contributed by atoms with Crippen LogP contribution in [-0.2, 0) is 9.47 Å². The van der Waals surface area contributed by atoms with E-state index < -0.39 is 0 Å². The van der Waals surface area contributed by atoms with Gasteiger partial charge in [-0.25, -0.2) is 4.79 Å². The van der Waals surface area contributed by atoms with E-state index in [0.717, 1.165) is 19.3 Å². The van der Waals surface area contributed by atoms with Crippen LogP contribution in [0.25, 0.3) is 11.1 Å². The number of rotatable bonds is 10. The zero-order valence-corrected chi connectivity index (χ0v) is 20.7. The highest BCUT2D eigenvalue weighted by atomic mass is 16.6. The van der Waals surface area contributed by atoms with Crippen molar-refractivity contribution in [1.82, 2.24) is 4.90 Å². The molecule has 2 aromatic rings. The van der Waals surface area contributed by atoms with Crippen LogP contribution in [0.2, 0.25) is 0 Å². The minimum atomic E-state index is -0.206. The molecule has 0 radical (unpaired) electrons. The van der Waals surface area contributed by atoms with Crippen LogP contribution in [0.1, 0.15) is 68.4 Å². The Morgan fingerprint density at radius 3 is 2.37 bits per heavy atom. The molecule has 5 rings (SSSR count). The van der Waals surface area contributed by atoms with Gasteiger partial charge in [0.25, 0.3) is 0 Å². The number of hydrogen-bond donors (Lipinski definition) is 0. The maximum atomic E-state index is 13.3. The predicted molar refractivity (Wildman–Crippen MR) is 141 cm³/mol. The largest absolute Gasteiger partial charge is 0.448 e. The molecule has 2 bridgehead atoms. The average Bonchev–Trinajstić information content (AvgIpc) is 3.20. The number of benzene rings is 2. The highest BCUT2D eigenvalue weighted by Crippen LogP contribution is 2.44. The molecule has 35 heavy (non-hydrogen) atoms. The molecule has 2 aromatic carbocycles. The fourth-order valence-electron chi connectivity index (χ4n) is 5.99. The maximum absolute atomic E-state index is 13.3.